The molecule has 8 nitrogen and oxygen atoms in total. The first-order chi connectivity index (χ1) is 12.7. The van der Waals surface area contributed by atoms with E-state index in [2.05, 4.69) is 25.1 Å². The fourth-order valence-electron chi connectivity index (χ4n) is 3.71. The van der Waals surface area contributed by atoms with Crippen molar-refractivity contribution < 1.29 is 9.53 Å². The Kier molecular flexibility index (Phi) is 3.53. The van der Waals surface area contributed by atoms with Gasteiger partial charge in [-0.25, -0.2) is 9.97 Å². The molecule has 134 valence electrons. The number of likely N-dealkylation sites (tertiary alicyclic amines) is 1. The predicted octanol–water partition coefficient (Wildman–Crippen LogP) is 2.16. The number of methoxy groups -OCH3 is 1. The molecule has 1 aliphatic carbocycles. The van der Waals surface area contributed by atoms with Gasteiger partial charge in [0.05, 0.1) is 29.6 Å². The fraction of sp³-hybridized carbons (Fsp3) is 0.444. The van der Waals surface area contributed by atoms with Crippen LogP contribution in [0.5, 0.6) is 0 Å². The van der Waals surface area contributed by atoms with E-state index >= 15 is 0 Å². The highest BCUT2D eigenvalue weighted by molar-refractivity contribution is 6.05. The van der Waals surface area contributed by atoms with Gasteiger partial charge in [0.1, 0.15) is 11.3 Å². The van der Waals surface area contributed by atoms with Gasteiger partial charge in [0.2, 0.25) is 0 Å². The third kappa shape index (κ3) is 2.48. The molecular weight excluding hydrogens is 332 g/mol. The zero-order valence-electron chi connectivity index (χ0n) is 14.5. The van der Waals surface area contributed by atoms with Crippen LogP contribution in [-0.4, -0.2) is 55.7 Å². The topological polar surface area (TPSA) is 99.8 Å². The SMILES string of the molecule is CO[C@@H]1C[C@@H](c2nc(C3CC3)n[nH]2)N(C(=O)c2cccc3[nH]cnc23)C1. The number of rotatable bonds is 4. The average Bonchev–Trinajstić information content (AvgIpc) is 3.09. The lowest BCUT2D eigenvalue weighted by molar-refractivity contribution is 0.0686. The Morgan fingerprint density at radius 3 is 3.04 bits per heavy atom. The number of ether oxygens (including phenoxy) is 1. The van der Waals surface area contributed by atoms with Gasteiger partial charge in [0, 0.05) is 26.0 Å². The summed E-state index contributed by atoms with van der Waals surface area (Å²) in [5.74, 6) is 2.02. The van der Waals surface area contributed by atoms with Gasteiger partial charge in [-0.15, -0.1) is 0 Å². The lowest BCUT2D eigenvalue weighted by Crippen LogP contribution is -2.32. The van der Waals surface area contributed by atoms with Gasteiger partial charge in [-0.3, -0.25) is 9.89 Å². The van der Waals surface area contributed by atoms with E-state index in [4.69, 9.17) is 4.74 Å². The first-order valence-electron chi connectivity index (χ1n) is 8.92. The molecule has 0 bridgehead atoms. The van der Waals surface area contributed by atoms with Gasteiger partial charge in [0.25, 0.3) is 5.91 Å². The zero-order valence-corrected chi connectivity index (χ0v) is 14.5. The largest absolute Gasteiger partial charge is 0.380 e. The van der Waals surface area contributed by atoms with Crippen molar-refractivity contribution in [3.8, 4) is 0 Å². The normalized spacial score (nSPS) is 23.0. The summed E-state index contributed by atoms with van der Waals surface area (Å²) in [6.45, 7) is 0.528. The molecule has 2 N–H and O–H groups in total. The maximum atomic E-state index is 13.3. The molecule has 0 radical (unpaired) electrons. The van der Waals surface area contributed by atoms with E-state index in [9.17, 15) is 4.79 Å². The molecule has 3 heterocycles. The summed E-state index contributed by atoms with van der Waals surface area (Å²) in [4.78, 5) is 27.2. The van der Waals surface area contributed by atoms with Crippen LogP contribution in [0.4, 0.5) is 0 Å². The number of para-hydroxylation sites is 1. The molecule has 2 aliphatic rings. The van der Waals surface area contributed by atoms with Crippen molar-refractivity contribution in [1.29, 1.82) is 0 Å². The molecule has 1 amide bonds. The molecule has 8 heteroatoms. The number of aromatic nitrogens is 5. The lowest BCUT2D eigenvalue weighted by Gasteiger charge is -2.22. The molecule has 1 saturated heterocycles. The van der Waals surface area contributed by atoms with Crippen molar-refractivity contribution in [3.63, 3.8) is 0 Å². The van der Waals surface area contributed by atoms with Crippen LogP contribution in [0.25, 0.3) is 11.0 Å². The summed E-state index contributed by atoms with van der Waals surface area (Å²) in [5.41, 5.74) is 2.13. The molecule has 5 rings (SSSR count). The number of aromatic amines is 2. The second kappa shape index (κ2) is 5.91. The maximum Gasteiger partial charge on any atom is 0.256 e. The standard InChI is InChI=1S/C18H20N6O2/c1-26-11-7-14(17-21-16(22-23-17)10-5-6-10)24(8-11)18(25)12-3-2-4-13-15(12)20-9-19-13/h2-4,9-11,14H,5-8H2,1H3,(H,19,20)(H,21,22,23)/t11-,14+/m1/s1. The third-order valence-corrected chi connectivity index (χ3v) is 5.32. The average molecular weight is 352 g/mol. The van der Waals surface area contributed by atoms with Crippen LogP contribution in [0.15, 0.2) is 24.5 Å². The highest BCUT2D eigenvalue weighted by Crippen LogP contribution is 2.39. The zero-order chi connectivity index (χ0) is 17.7. The Hall–Kier alpha value is -2.74. The van der Waals surface area contributed by atoms with Crippen molar-refractivity contribution >= 4 is 16.9 Å². The van der Waals surface area contributed by atoms with Crippen LogP contribution in [0.1, 0.15) is 53.2 Å². The maximum absolute atomic E-state index is 13.3. The van der Waals surface area contributed by atoms with Gasteiger partial charge >= 0.3 is 0 Å². The number of hydrogen-bond acceptors (Lipinski definition) is 5. The van der Waals surface area contributed by atoms with E-state index in [0.717, 1.165) is 30.0 Å². The molecule has 1 saturated carbocycles. The van der Waals surface area contributed by atoms with Crippen molar-refractivity contribution in [2.45, 2.75) is 37.3 Å². The quantitative estimate of drug-likeness (QED) is 0.749. The van der Waals surface area contributed by atoms with E-state index in [1.165, 1.54) is 0 Å². The smallest absolute Gasteiger partial charge is 0.256 e. The number of nitrogens with zero attached hydrogens (tertiary/aromatic N) is 4. The van der Waals surface area contributed by atoms with E-state index in [1.54, 1.807) is 13.4 Å². The monoisotopic (exact) mass is 352 g/mol. The highest BCUT2D eigenvalue weighted by Gasteiger charge is 2.40. The van der Waals surface area contributed by atoms with Gasteiger partial charge < -0.3 is 14.6 Å². The van der Waals surface area contributed by atoms with Crippen LogP contribution in [-0.2, 0) is 4.74 Å². The van der Waals surface area contributed by atoms with E-state index in [-0.39, 0.29) is 18.1 Å². The summed E-state index contributed by atoms with van der Waals surface area (Å²) in [5, 5.41) is 7.40. The predicted molar refractivity (Wildman–Crippen MR) is 93.6 cm³/mol. The lowest BCUT2D eigenvalue weighted by atomic mass is 10.1. The van der Waals surface area contributed by atoms with Gasteiger partial charge in [-0.1, -0.05) is 6.07 Å². The van der Waals surface area contributed by atoms with Crippen molar-refractivity contribution in [1.82, 2.24) is 30.0 Å². The van der Waals surface area contributed by atoms with Gasteiger partial charge in [-0.2, -0.15) is 5.10 Å². The van der Waals surface area contributed by atoms with Crippen LogP contribution in [0, 0.1) is 0 Å². The fourth-order valence-corrected chi connectivity index (χ4v) is 3.71. The number of carbonyl (C=O) groups is 1. The Bertz CT molecular complexity index is 959. The van der Waals surface area contributed by atoms with Crippen molar-refractivity contribution in [2.24, 2.45) is 0 Å². The first kappa shape index (κ1) is 15.5. The molecular formula is C18H20N6O2. The van der Waals surface area contributed by atoms with Crippen molar-refractivity contribution in [3.05, 3.63) is 41.7 Å². The van der Waals surface area contributed by atoms with Crippen LogP contribution < -0.4 is 0 Å². The van der Waals surface area contributed by atoms with Crippen LogP contribution >= 0.6 is 0 Å². The van der Waals surface area contributed by atoms with E-state index < -0.39 is 0 Å². The van der Waals surface area contributed by atoms with Crippen LogP contribution in [0.2, 0.25) is 0 Å². The summed E-state index contributed by atoms with van der Waals surface area (Å²) in [6.07, 6.45) is 4.59. The summed E-state index contributed by atoms with van der Waals surface area (Å²) in [6, 6.07) is 5.43. The number of carbonyl (C=O) groups excluding carboxylic acids is 1. The Morgan fingerprint density at radius 2 is 2.23 bits per heavy atom. The molecule has 1 aromatic carbocycles. The van der Waals surface area contributed by atoms with Gasteiger partial charge in [-0.05, 0) is 25.0 Å². The molecule has 0 unspecified atom stereocenters. The number of fused-ring (bicyclic) bond motifs is 1. The molecule has 26 heavy (non-hydrogen) atoms. The third-order valence-electron chi connectivity index (χ3n) is 5.32. The summed E-state index contributed by atoms with van der Waals surface area (Å²) >= 11 is 0. The molecule has 2 atom stereocenters. The van der Waals surface area contributed by atoms with Crippen LogP contribution in [0.3, 0.4) is 0 Å². The minimum absolute atomic E-state index is 0.0168. The summed E-state index contributed by atoms with van der Waals surface area (Å²) < 4.78 is 5.54. The highest BCUT2D eigenvalue weighted by atomic mass is 16.5. The van der Waals surface area contributed by atoms with E-state index in [1.807, 2.05) is 23.1 Å². The number of benzene rings is 1. The van der Waals surface area contributed by atoms with Crippen molar-refractivity contribution in [2.75, 3.05) is 13.7 Å². The number of H-pyrrole nitrogens is 2. The Morgan fingerprint density at radius 1 is 1.35 bits per heavy atom. The van der Waals surface area contributed by atoms with E-state index in [0.29, 0.717) is 30.0 Å². The molecule has 1 aliphatic heterocycles. The second-order valence-electron chi connectivity index (χ2n) is 7.02. The molecule has 0 spiro atoms. The molecule has 2 aromatic heterocycles. The number of amides is 1. The molecule has 3 aromatic rings. The van der Waals surface area contributed by atoms with Gasteiger partial charge in [0.15, 0.2) is 5.82 Å². The number of imidazole rings is 1. The Balaban J connectivity index is 1.50. The minimum atomic E-state index is -0.165. The first-order valence-corrected chi connectivity index (χ1v) is 8.92. The minimum Gasteiger partial charge on any atom is -0.380 e. The molecule has 2 fully saturated rings. The number of hydrogen-bond donors (Lipinski definition) is 2. The number of nitrogens with one attached hydrogen (secondary N) is 2. The Labute approximate surface area is 150 Å². The second-order valence-corrected chi connectivity index (χ2v) is 7.02. The summed E-state index contributed by atoms with van der Waals surface area (Å²) in [7, 11) is 1.68.